The zero-order valence-electron chi connectivity index (χ0n) is 22.0. The summed E-state index contributed by atoms with van der Waals surface area (Å²) < 4.78 is 10.8. The van der Waals surface area contributed by atoms with E-state index < -0.39 is 43.0 Å². The first-order valence-corrected chi connectivity index (χ1v) is 13.2. The van der Waals surface area contributed by atoms with Crippen molar-refractivity contribution in [3.05, 3.63) is 46.5 Å². The van der Waals surface area contributed by atoms with Crippen LogP contribution < -0.4 is 0 Å². The predicted octanol–water partition coefficient (Wildman–Crippen LogP) is 4.58. The highest BCUT2D eigenvalue weighted by molar-refractivity contribution is 6.43. The molecule has 2 fully saturated rings. The van der Waals surface area contributed by atoms with Gasteiger partial charge in [-0.2, -0.15) is 4.90 Å². The van der Waals surface area contributed by atoms with Crippen molar-refractivity contribution < 1.29 is 33.9 Å². The van der Waals surface area contributed by atoms with E-state index in [0.29, 0.717) is 24.2 Å². The molecule has 0 spiro atoms. The van der Waals surface area contributed by atoms with Crippen molar-refractivity contribution in [1.82, 2.24) is 4.90 Å². The van der Waals surface area contributed by atoms with Crippen LogP contribution in [-0.4, -0.2) is 53.3 Å². The predicted molar refractivity (Wildman–Crippen MR) is 139 cm³/mol. The molecule has 0 aromatic heterocycles. The molecule has 0 unspecified atom stereocenters. The third-order valence-electron chi connectivity index (χ3n) is 7.89. The van der Waals surface area contributed by atoms with E-state index in [2.05, 4.69) is 20.8 Å². The average Bonchev–Trinajstić information content (AvgIpc) is 3.12. The first-order chi connectivity index (χ1) is 17.7. The first kappa shape index (κ1) is 27.1. The van der Waals surface area contributed by atoms with E-state index in [1.807, 2.05) is 18.2 Å². The highest BCUT2D eigenvalue weighted by Crippen LogP contribution is 2.52. The van der Waals surface area contributed by atoms with Crippen molar-refractivity contribution in [3.8, 4) is 5.75 Å². The number of nitrogens with zero attached hydrogens (tertiary/aromatic N) is 1. The van der Waals surface area contributed by atoms with Crippen LogP contribution in [0.3, 0.4) is 0 Å². The number of phenolic OH excluding ortho intramolecular Hbond substituents is 1. The number of carbonyl (C=O) groups is 3. The molecule has 2 heterocycles. The molecule has 1 aliphatic carbocycles. The highest BCUT2D eigenvalue weighted by Gasteiger charge is 2.59. The summed E-state index contributed by atoms with van der Waals surface area (Å²) >= 11 is 0. The second kappa shape index (κ2) is 11.2. The molecule has 0 radical (unpaired) electrons. The number of imide groups is 3. The van der Waals surface area contributed by atoms with E-state index in [1.165, 1.54) is 0 Å². The van der Waals surface area contributed by atoms with Gasteiger partial charge in [-0.05, 0) is 55.5 Å². The van der Waals surface area contributed by atoms with E-state index in [9.17, 15) is 24.5 Å². The second-order valence-corrected chi connectivity index (χ2v) is 10.5. The van der Waals surface area contributed by atoms with Crippen molar-refractivity contribution in [1.29, 1.82) is 0 Å². The van der Waals surface area contributed by atoms with Crippen molar-refractivity contribution in [2.24, 2.45) is 23.7 Å². The summed E-state index contributed by atoms with van der Waals surface area (Å²) in [5.74, 6) is -2.46. The normalized spacial score (nSPS) is 26.1. The molecule has 4 atom stereocenters. The van der Waals surface area contributed by atoms with Gasteiger partial charge in [0.25, 0.3) is 0 Å². The number of allylic oxidation sites excluding steroid dienone is 2. The van der Waals surface area contributed by atoms with Gasteiger partial charge in [0.1, 0.15) is 5.75 Å². The van der Waals surface area contributed by atoms with Crippen LogP contribution in [0.5, 0.6) is 5.75 Å². The fourth-order valence-corrected chi connectivity index (χ4v) is 6.26. The van der Waals surface area contributed by atoms with Crippen LogP contribution in [-0.2, 0) is 19.0 Å². The summed E-state index contributed by atoms with van der Waals surface area (Å²) in [5, 5.41) is 20.9. The van der Waals surface area contributed by atoms with Crippen LogP contribution in [0, 0.1) is 23.7 Å². The van der Waals surface area contributed by atoms with Crippen LogP contribution in [0.4, 0.5) is 4.79 Å². The molecule has 2 N–H and O–H groups in total. The quantitative estimate of drug-likeness (QED) is 0.314. The average molecular weight is 509 g/mol. The molecule has 9 heteroatoms. The largest absolute Gasteiger partial charge is 0.507 e. The number of carbonyl (C=O) groups excluding carboxylic acids is 3. The topological polar surface area (TPSA) is 113 Å². The van der Waals surface area contributed by atoms with E-state index in [1.54, 1.807) is 12.1 Å². The Morgan fingerprint density at radius 3 is 2.59 bits per heavy atom. The fourth-order valence-electron chi connectivity index (χ4n) is 6.26. The zero-order valence-corrected chi connectivity index (χ0v) is 22.0. The molecular weight excluding hydrogens is 473 g/mol. The maximum absolute atomic E-state index is 13.3. The SMILES string of the molecule is CCC/C(=C\c1ccccc1O)CC[C@H]1OB(O)C[C@H]2C1=C(C(C)C)C[C@H]1C(=O)N(C(=O)OC)C(=O)[C@H]12. The number of amides is 3. The number of hydrogen-bond acceptors (Lipinski definition) is 7. The molecule has 2 saturated heterocycles. The highest BCUT2D eigenvalue weighted by atomic mass is 16.5. The fraction of sp³-hybridized carbons (Fsp3) is 0.536. The van der Waals surface area contributed by atoms with Gasteiger partial charge in [0, 0.05) is 5.56 Å². The number of benzene rings is 1. The van der Waals surface area contributed by atoms with E-state index >= 15 is 0 Å². The van der Waals surface area contributed by atoms with Gasteiger partial charge in [-0.15, -0.1) is 0 Å². The van der Waals surface area contributed by atoms with Gasteiger partial charge in [-0.3, -0.25) is 9.59 Å². The lowest BCUT2D eigenvalue weighted by Gasteiger charge is -2.44. The molecule has 3 amide bonds. The molecule has 0 bridgehead atoms. The lowest BCUT2D eigenvalue weighted by molar-refractivity contribution is -0.137. The maximum atomic E-state index is 13.3. The molecule has 1 aromatic carbocycles. The van der Waals surface area contributed by atoms with E-state index in [-0.39, 0.29) is 23.9 Å². The van der Waals surface area contributed by atoms with Crippen molar-refractivity contribution in [2.75, 3.05) is 7.11 Å². The van der Waals surface area contributed by atoms with Gasteiger partial charge < -0.3 is 19.5 Å². The van der Waals surface area contributed by atoms with E-state index in [4.69, 9.17) is 9.39 Å². The Bertz CT molecular complexity index is 1130. The summed E-state index contributed by atoms with van der Waals surface area (Å²) in [6, 6.07) is 7.21. The van der Waals surface area contributed by atoms with Gasteiger partial charge >= 0.3 is 13.2 Å². The standard InChI is InChI=1S/C28H36BNO7/c1-5-8-17(13-18-9-6-7-10-22(18)31)11-12-23-24-19(16(2)3)14-20-25(21(24)15-29(35)37-23)27(33)30(26(20)32)28(34)36-4/h6-7,9-10,13,16,20-21,23,25,31,35H,5,8,11-12,14-15H2,1-4H3/b17-13+/t20-,21+,23-,25-/m1/s1. The Balaban J connectivity index is 1.65. The number of phenols is 1. The molecule has 2 aliphatic heterocycles. The summed E-state index contributed by atoms with van der Waals surface area (Å²) in [7, 11) is 0.0802. The number of para-hydroxylation sites is 1. The van der Waals surface area contributed by atoms with E-state index in [0.717, 1.165) is 42.2 Å². The first-order valence-electron chi connectivity index (χ1n) is 13.2. The number of methoxy groups -OCH3 is 1. The van der Waals surface area contributed by atoms with Crippen LogP contribution in [0.25, 0.3) is 6.08 Å². The summed E-state index contributed by atoms with van der Waals surface area (Å²) in [5.41, 5.74) is 3.98. The third kappa shape index (κ3) is 5.25. The summed E-state index contributed by atoms with van der Waals surface area (Å²) in [6.07, 6.45) is 4.32. The minimum absolute atomic E-state index is 0.113. The summed E-state index contributed by atoms with van der Waals surface area (Å²) in [6.45, 7) is 6.22. The number of likely N-dealkylation sites (tertiary alicyclic amines) is 1. The molecule has 37 heavy (non-hydrogen) atoms. The Labute approximate surface area is 218 Å². The van der Waals surface area contributed by atoms with Crippen molar-refractivity contribution >= 4 is 31.1 Å². The number of aromatic hydroxyl groups is 1. The third-order valence-corrected chi connectivity index (χ3v) is 7.89. The Morgan fingerprint density at radius 1 is 1.22 bits per heavy atom. The van der Waals surface area contributed by atoms with Gasteiger partial charge in [-0.1, -0.05) is 62.6 Å². The van der Waals surface area contributed by atoms with Crippen LogP contribution in [0.15, 0.2) is 41.0 Å². The summed E-state index contributed by atoms with van der Waals surface area (Å²) in [4.78, 5) is 39.3. The van der Waals surface area contributed by atoms with Crippen molar-refractivity contribution in [2.45, 2.75) is 65.3 Å². The minimum atomic E-state index is -1.07. The van der Waals surface area contributed by atoms with Gasteiger partial charge in [0.05, 0.1) is 25.0 Å². The number of fused-ring (bicyclic) bond motifs is 3. The Kier molecular flexibility index (Phi) is 8.24. The molecule has 4 rings (SSSR count). The van der Waals surface area contributed by atoms with Crippen molar-refractivity contribution in [3.63, 3.8) is 0 Å². The lowest BCUT2D eigenvalue weighted by Crippen LogP contribution is -2.46. The maximum Gasteiger partial charge on any atom is 0.455 e. The molecular formula is C28H36BNO7. The smallest absolute Gasteiger partial charge is 0.455 e. The molecule has 8 nitrogen and oxygen atoms in total. The Hall–Kier alpha value is -2.91. The van der Waals surface area contributed by atoms with Crippen LogP contribution in [0.2, 0.25) is 6.32 Å². The monoisotopic (exact) mass is 509 g/mol. The van der Waals surface area contributed by atoms with Crippen LogP contribution in [0.1, 0.15) is 58.4 Å². The molecule has 1 aromatic rings. The van der Waals surface area contributed by atoms with Gasteiger partial charge in [0.15, 0.2) is 0 Å². The Morgan fingerprint density at radius 2 is 1.95 bits per heavy atom. The lowest BCUT2D eigenvalue weighted by atomic mass is 9.57. The van der Waals surface area contributed by atoms with Crippen LogP contribution >= 0.6 is 0 Å². The van der Waals surface area contributed by atoms with Gasteiger partial charge in [0.2, 0.25) is 11.8 Å². The van der Waals surface area contributed by atoms with Gasteiger partial charge in [-0.25, -0.2) is 4.79 Å². The second-order valence-electron chi connectivity index (χ2n) is 10.5. The minimum Gasteiger partial charge on any atom is -0.507 e. The zero-order chi connectivity index (χ0) is 26.9. The molecule has 3 aliphatic rings. The molecule has 0 saturated carbocycles. The number of ether oxygens (including phenoxy) is 1. The number of hydrogen-bond donors (Lipinski definition) is 2. The number of rotatable bonds is 7. The molecule has 198 valence electrons.